The number of sulfonamides is 1. The van der Waals surface area contributed by atoms with E-state index in [4.69, 9.17) is 4.74 Å². The number of amides is 1. The van der Waals surface area contributed by atoms with E-state index in [9.17, 15) is 22.8 Å². The summed E-state index contributed by atoms with van der Waals surface area (Å²) < 4.78 is 32.7. The molecule has 1 saturated heterocycles. The van der Waals surface area contributed by atoms with Crippen LogP contribution in [0.3, 0.4) is 0 Å². The number of benzene rings is 2. The molecule has 1 heterocycles. The molecule has 0 atom stereocenters. The van der Waals surface area contributed by atoms with Crippen molar-refractivity contribution in [3.05, 3.63) is 59.7 Å². The Balaban J connectivity index is 1.66. The molecule has 2 aromatic rings. The lowest BCUT2D eigenvalue weighted by molar-refractivity contribution is -0.123. The number of piperidine rings is 1. The lowest BCUT2D eigenvalue weighted by atomic mass is 9.95. The summed E-state index contributed by atoms with van der Waals surface area (Å²) in [6.07, 6.45) is 2.53. The zero-order chi connectivity index (χ0) is 24.9. The van der Waals surface area contributed by atoms with Crippen molar-refractivity contribution in [3.8, 4) is 0 Å². The van der Waals surface area contributed by atoms with Crippen molar-refractivity contribution in [3.63, 3.8) is 0 Å². The predicted octanol–water partition coefficient (Wildman–Crippen LogP) is 3.89. The van der Waals surface area contributed by atoms with Gasteiger partial charge in [0.15, 0.2) is 12.4 Å². The minimum absolute atomic E-state index is 0.0962. The van der Waals surface area contributed by atoms with Gasteiger partial charge in [0.1, 0.15) is 0 Å². The number of rotatable bonds is 7. The molecule has 1 amide bonds. The van der Waals surface area contributed by atoms with Gasteiger partial charge in [0, 0.05) is 29.8 Å². The summed E-state index contributed by atoms with van der Waals surface area (Å²) >= 11 is 0. The lowest BCUT2D eigenvalue weighted by Gasteiger charge is -2.26. The molecule has 9 heteroatoms. The van der Waals surface area contributed by atoms with Crippen LogP contribution in [0.4, 0.5) is 5.69 Å². The Hall–Kier alpha value is -3.04. The standard InChI is InChI=1S/C25H30N2O6S/c1-25(2,3)24(30)26-19-13-11-18(12-14-19)21(28)17-33-23(29)20-9-5-6-10-22(20)34(31,32)27-15-7-4-8-16-27/h5-6,9-14H,4,7-8,15-17H2,1-3H3,(H,26,30). The van der Waals surface area contributed by atoms with Gasteiger partial charge in [-0.05, 0) is 49.2 Å². The van der Waals surface area contributed by atoms with Crippen LogP contribution in [0.15, 0.2) is 53.4 Å². The van der Waals surface area contributed by atoms with E-state index in [1.165, 1.54) is 28.6 Å². The smallest absolute Gasteiger partial charge is 0.339 e. The Morgan fingerprint density at radius 1 is 0.941 bits per heavy atom. The summed E-state index contributed by atoms with van der Waals surface area (Å²) in [5.41, 5.74) is 0.197. The minimum Gasteiger partial charge on any atom is -0.454 e. The van der Waals surface area contributed by atoms with Crippen molar-refractivity contribution in [2.24, 2.45) is 5.41 Å². The van der Waals surface area contributed by atoms with Crippen LogP contribution in [0.2, 0.25) is 0 Å². The van der Waals surface area contributed by atoms with E-state index in [0.717, 1.165) is 19.3 Å². The van der Waals surface area contributed by atoms with E-state index in [1.807, 2.05) is 0 Å². The number of anilines is 1. The molecule has 0 radical (unpaired) electrons. The van der Waals surface area contributed by atoms with Gasteiger partial charge in [-0.25, -0.2) is 13.2 Å². The summed E-state index contributed by atoms with van der Waals surface area (Å²) in [4.78, 5) is 37.2. The Labute approximate surface area is 200 Å². The summed E-state index contributed by atoms with van der Waals surface area (Å²) in [5.74, 6) is -1.48. The maximum atomic E-state index is 13.1. The van der Waals surface area contributed by atoms with Crippen molar-refractivity contribution < 1.29 is 27.5 Å². The van der Waals surface area contributed by atoms with Crippen LogP contribution in [0.5, 0.6) is 0 Å². The van der Waals surface area contributed by atoms with Crippen LogP contribution in [0.25, 0.3) is 0 Å². The van der Waals surface area contributed by atoms with E-state index < -0.39 is 33.8 Å². The highest BCUT2D eigenvalue weighted by Crippen LogP contribution is 2.24. The van der Waals surface area contributed by atoms with Crippen molar-refractivity contribution in [1.29, 1.82) is 0 Å². The number of hydrogen-bond donors (Lipinski definition) is 1. The van der Waals surface area contributed by atoms with Gasteiger partial charge < -0.3 is 10.1 Å². The first-order valence-corrected chi connectivity index (χ1v) is 12.6. The topological polar surface area (TPSA) is 110 Å². The molecule has 0 bridgehead atoms. The van der Waals surface area contributed by atoms with Crippen molar-refractivity contribution in [2.75, 3.05) is 25.0 Å². The number of nitrogens with one attached hydrogen (secondary N) is 1. The van der Waals surface area contributed by atoms with Gasteiger partial charge in [-0.2, -0.15) is 4.31 Å². The summed E-state index contributed by atoms with van der Waals surface area (Å²) in [7, 11) is -3.84. The SMILES string of the molecule is CC(C)(C)C(=O)Nc1ccc(C(=O)COC(=O)c2ccccc2S(=O)(=O)N2CCCCC2)cc1. The summed E-state index contributed by atoms with van der Waals surface area (Å²) in [6, 6.07) is 12.1. The zero-order valence-corrected chi connectivity index (χ0v) is 20.5. The lowest BCUT2D eigenvalue weighted by Crippen LogP contribution is -2.36. The second kappa shape index (κ2) is 10.5. The monoisotopic (exact) mass is 486 g/mol. The molecule has 8 nitrogen and oxygen atoms in total. The Morgan fingerprint density at radius 2 is 1.56 bits per heavy atom. The van der Waals surface area contributed by atoms with Crippen LogP contribution < -0.4 is 5.32 Å². The molecule has 1 fully saturated rings. The van der Waals surface area contributed by atoms with Crippen LogP contribution in [-0.2, 0) is 19.6 Å². The Morgan fingerprint density at radius 3 is 2.18 bits per heavy atom. The van der Waals surface area contributed by atoms with Crippen LogP contribution in [-0.4, -0.2) is 50.1 Å². The molecule has 0 saturated carbocycles. The van der Waals surface area contributed by atoms with E-state index in [0.29, 0.717) is 24.3 Å². The van der Waals surface area contributed by atoms with Crippen molar-refractivity contribution in [2.45, 2.75) is 44.9 Å². The third kappa shape index (κ3) is 6.09. The van der Waals surface area contributed by atoms with E-state index in [2.05, 4.69) is 5.32 Å². The van der Waals surface area contributed by atoms with E-state index in [1.54, 1.807) is 45.0 Å². The zero-order valence-electron chi connectivity index (χ0n) is 19.7. The molecular weight excluding hydrogens is 456 g/mol. The number of Topliss-reactive ketones (excluding diaryl/α,β-unsaturated/α-hetero) is 1. The molecule has 0 unspecified atom stereocenters. The normalized spacial score (nSPS) is 14.9. The molecule has 0 spiro atoms. The number of carbonyl (C=O) groups excluding carboxylic acids is 3. The minimum atomic E-state index is -3.84. The molecule has 3 rings (SSSR count). The fourth-order valence-corrected chi connectivity index (χ4v) is 5.15. The van der Waals surface area contributed by atoms with Crippen molar-refractivity contribution in [1.82, 2.24) is 4.31 Å². The average molecular weight is 487 g/mol. The van der Waals surface area contributed by atoms with Gasteiger partial charge >= 0.3 is 5.97 Å². The number of esters is 1. The number of ether oxygens (including phenoxy) is 1. The molecule has 1 aliphatic rings. The van der Waals surface area contributed by atoms with Gasteiger partial charge in [0.25, 0.3) is 0 Å². The molecule has 0 aromatic heterocycles. The summed E-state index contributed by atoms with van der Waals surface area (Å²) in [6.45, 7) is 5.68. The van der Waals surface area contributed by atoms with Gasteiger partial charge in [-0.1, -0.05) is 39.3 Å². The first-order chi connectivity index (χ1) is 16.0. The third-order valence-corrected chi connectivity index (χ3v) is 7.48. The van der Waals surface area contributed by atoms with Gasteiger partial charge in [0.2, 0.25) is 15.9 Å². The van der Waals surface area contributed by atoms with Crippen LogP contribution in [0.1, 0.15) is 60.7 Å². The predicted molar refractivity (Wildman–Crippen MR) is 128 cm³/mol. The summed E-state index contributed by atoms with van der Waals surface area (Å²) in [5, 5.41) is 2.77. The van der Waals surface area contributed by atoms with Gasteiger partial charge in [-0.15, -0.1) is 0 Å². The molecule has 34 heavy (non-hydrogen) atoms. The average Bonchev–Trinajstić information content (AvgIpc) is 2.82. The first kappa shape index (κ1) is 25.6. The highest BCUT2D eigenvalue weighted by atomic mass is 32.2. The first-order valence-electron chi connectivity index (χ1n) is 11.2. The maximum absolute atomic E-state index is 13.1. The number of nitrogens with zero attached hydrogens (tertiary/aromatic N) is 1. The number of ketones is 1. The molecule has 1 aliphatic heterocycles. The molecule has 182 valence electrons. The second-order valence-electron chi connectivity index (χ2n) is 9.24. The van der Waals surface area contributed by atoms with Crippen molar-refractivity contribution >= 4 is 33.4 Å². The second-order valence-corrected chi connectivity index (χ2v) is 11.1. The largest absolute Gasteiger partial charge is 0.454 e. The Kier molecular flexibility index (Phi) is 7.89. The highest BCUT2D eigenvalue weighted by molar-refractivity contribution is 7.89. The van der Waals surface area contributed by atoms with E-state index >= 15 is 0 Å². The van der Waals surface area contributed by atoms with Crippen LogP contribution in [0, 0.1) is 5.41 Å². The fraction of sp³-hybridized carbons (Fsp3) is 0.400. The Bertz CT molecular complexity index is 1160. The van der Waals surface area contributed by atoms with Gasteiger partial charge in [-0.3, -0.25) is 9.59 Å². The molecule has 0 aliphatic carbocycles. The quantitative estimate of drug-likeness (QED) is 0.470. The fourth-order valence-electron chi connectivity index (χ4n) is 3.45. The molecule has 2 aromatic carbocycles. The molecule has 1 N–H and O–H groups in total. The highest BCUT2D eigenvalue weighted by Gasteiger charge is 2.30. The number of carbonyl (C=O) groups is 3. The third-order valence-electron chi connectivity index (χ3n) is 5.52. The maximum Gasteiger partial charge on any atom is 0.339 e. The van der Waals surface area contributed by atoms with Gasteiger partial charge in [0.05, 0.1) is 10.5 Å². The molecular formula is C25H30N2O6S. The van der Waals surface area contributed by atoms with E-state index in [-0.39, 0.29) is 16.4 Å². The number of hydrogen-bond acceptors (Lipinski definition) is 6. The van der Waals surface area contributed by atoms with Crippen LogP contribution >= 0.6 is 0 Å².